The first-order valence-corrected chi connectivity index (χ1v) is 6.10. The lowest BCUT2D eigenvalue weighted by atomic mass is 10.3. The van der Waals surface area contributed by atoms with Crippen LogP contribution >= 0.6 is 11.3 Å². The number of aromatic nitrogens is 2. The Morgan fingerprint density at radius 3 is 3.19 bits per heavy atom. The van der Waals surface area contributed by atoms with Gasteiger partial charge in [0.25, 0.3) is 0 Å². The number of hydrogen-bond donors (Lipinski definition) is 2. The maximum absolute atomic E-state index is 9.15. The second kappa shape index (κ2) is 5.25. The van der Waals surface area contributed by atoms with Crippen LogP contribution in [0.3, 0.4) is 0 Å². The fraction of sp³-hybridized carbons (Fsp3) is 0.364. The van der Waals surface area contributed by atoms with Gasteiger partial charge in [0, 0.05) is 36.6 Å². The Morgan fingerprint density at radius 2 is 2.50 bits per heavy atom. The lowest BCUT2D eigenvalue weighted by molar-refractivity contribution is 0.190. The average Bonchev–Trinajstić information content (AvgIpc) is 2.84. The van der Waals surface area contributed by atoms with Crippen molar-refractivity contribution < 1.29 is 5.11 Å². The minimum Gasteiger partial charge on any atom is -0.392 e. The molecule has 0 aliphatic carbocycles. The standard InChI is InChI=1S/C11H15N3OS/c1-9(15)7-12-8-10-3-2-5-14(10)11-13-4-6-16-11/h2-6,9,12,15H,7-8H2,1H3. The van der Waals surface area contributed by atoms with Gasteiger partial charge < -0.3 is 10.4 Å². The van der Waals surface area contributed by atoms with E-state index < -0.39 is 0 Å². The number of rotatable bonds is 5. The number of hydrogen-bond acceptors (Lipinski definition) is 4. The van der Waals surface area contributed by atoms with Crippen molar-refractivity contribution in [2.75, 3.05) is 6.54 Å². The van der Waals surface area contributed by atoms with Crippen molar-refractivity contribution in [1.29, 1.82) is 0 Å². The number of nitrogens with zero attached hydrogens (tertiary/aromatic N) is 2. The molecule has 2 rings (SSSR count). The smallest absolute Gasteiger partial charge is 0.193 e. The van der Waals surface area contributed by atoms with Gasteiger partial charge in [0.15, 0.2) is 5.13 Å². The van der Waals surface area contributed by atoms with Gasteiger partial charge in [-0.3, -0.25) is 4.57 Å². The summed E-state index contributed by atoms with van der Waals surface area (Å²) in [7, 11) is 0. The van der Waals surface area contributed by atoms with E-state index in [2.05, 4.69) is 20.9 Å². The van der Waals surface area contributed by atoms with Crippen LogP contribution in [0.15, 0.2) is 29.9 Å². The van der Waals surface area contributed by atoms with E-state index in [1.165, 1.54) is 0 Å². The second-order valence-electron chi connectivity index (χ2n) is 3.66. The predicted octanol–water partition coefficient (Wildman–Crippen LogP) is 1.40. The summed E-state index contributed by atoms with van der Waals surface area (Å²) >= 11 is 1.61. The highest BCUT2D eigenvalue weighted by atomic mass is 32.1. The van der Waals surface area contributed by atoms with Crippen LogP contribution in [-0.2, 0) is 6.54 Å². The molecule has 4 nitrogen and oxygen atoms in total. The monoisotopic (exact) mass is 237 g/mol. The molecule has 0 aliphatic heterocycles. The molecule has 0 radical (unpaired) electrons. The first-order valence-electron chi connectivity index (χ1n) is 5.22. The zero-order valence-corrected chi connectivity index (χ0v) is 9.94. The Labute approximate surface area is 98.6 Å². The molecule has 0 saturated heterocycles. The molecule has 2 aromatic rings. The molecular formula is C11H15N3OS. The van der Waals surface area contributed by atoms with Crippen LogP contribution in [0.1, 0.15) is 12.6 Å². The minimum absolute atomic E-state index is 0.316. The van der Waals surface area contributed by atoms with E-state index in [4.69, 9.17) is 5.11 Å². The molecule has 0 spiro atoms. The van der Waals surface area contributed by atoms with Gasteiger partial charge >= 0.3 is 0 Å². The van der Waals surface area contributed by atoms with Crippen molar-refractivity contribution in [3.63, 3.8) is 0 Å². The second-order valence-corrected chi connectivity index (χ2v) is 4.54. The molecule has 0 fully saturated rings. The fourth-order valence-electron chi connectivity index (χ4n) is 1.49. The normalized spacial score (nSPS) is 12.9. The summed E-state index contributed by atoms with van der Waals surface area (Å²) in [6.07, 6.45) is 3.48. The van der Waals surface area contributed by atoms with E-state index in [9.17, 15) is 0 Å². The van der Waals surface area contributed by atoms with Crippen molar-refractivity contribution >= 4 is 11.3 Å². The van der Waals surface area contributed by atoms with Gasteiger partial charge in [0.2, 0.25) is 0 Å². The van der Waals surface area contributed by atoms with Crippen LogP contribution in [0.2, 0.25) is 0 Å². The number of aliphatic hydroxyl groups excluding tert-OH is 1. The summed E-state index contributed by atoms with van der Waals surface area (Å²) in [5.74, 6) is 0. The molecule has 0 aliphatic rings. The van der Waals surface area contributed by atoms with Crippen molar-refractivity contribution in [3.8, 4) is 5.13 Å². The van der Waals surface area contributed by atoms with Gasteiger partial charge in [0.1, 0.15) is 0 Å². The summed E-state index contributed by atoms with van der Waals surface area (Å²) in [6.45, 7) is 3.10. The van der Waals surface area contributed by atoms with Crippen molar-refractivity contribution in [1.82, 2.24) is 14.9 Å². The zero-order valence-electron chi connectivity index (χ0n) is 9.13. The molecule has 0 saturated carbocycles. The van der Waals surface area contributed by atoms with E-state index in [1.807, 2.05) is 17.6 Å². The highest BCUT2D eigenvalue weighted by Crippen LogP contribution is 2.14. The Balaban J connectivity index is 2.03. The third-order valence-corrected chi connectivity index (χ3v) is 2.98. The van der Waals surface area contributed by atoms with E-state index >= 15 is 0 Å². The maximum Gasteiger partial charge on any atom is 0.193 e. The van der Waals surface area contributed by atoms with Crippen LogP contribution in [-0.4, -0.2) is 27.3 Å². The molecule has 2 N–H and O–H groups in total. The van der Waals surface area contributed by atoms with Crippen molar-refractivity contribution in [2.45, 2.75) is 19.6 Å². The first-order chi connectivity index (χ1) is 7.77. The molecule has 0 aromatic carbocycles. The molecule has 2 aromatic heterocycles. The topological polar surface area (TPSA) is 50.1 Å². The Morgan fingerprint density at radius 1 is 1.62 bits per heavy atom. The quantitative estimate of drug-likeness (QED) is 0.826. The lowest BCUT2D eigenvalue weighted by Crippen LogP contribution is -2.24. The molecule has 16 heavy (non-hydrogen) atoms. The van der Waals surface area contributed by atoms with E-state index in [1.54, 1.807) is 24.5 Å². The van der Waals surface area contributed by atoms with Crippen LogP contribution in [0.4, 0.5) is 0 Å². The van der Waals surface area contributed by atoms with Gasteiger partial charge in [-0.2, -0.15) is 0 Å². The minimum atomic E-state index is -0.316. The molecule has 1 atom stereocenters. The SMILES string of the molecule is CC(O)CNCc1cccn1-c1nccs1. The summed E-state index contributed by atoms with van der Waals surface area (Å²) in [5.41, 5.74) is 1.15. The molecule has 2 heterocycles. The summed E-state index contributed by atoms with van der Waals surface area (Å²) in [5, 5.41) is 15.3. The van der Waals surface area contributed by atoms with Gasteiger partial charge in [-0.05, 0) is 19.1 Å². The predicted molar refractivity (Wildman–Crippen MR) is 64.8 cm³/mol. The van der Waals surface area contributed by atoms with Crippen molar-refractivity contribution in [2.24, 2.45) is 0 Å². The summed E-state index contributed by atoms with van der Waals surface area (Å²) < 4.78 is 2.06. The Bertz CT molecular complexity index is 422. The van der Waals surface area contributed by atoms with Crippen LogP contribution in [0.5, 0.6) is 0 Å². The molecule has 0 bridgehead atoms. The van der Waals surface area contributed by atoms with Crippen LogP contribution in [0, 0.1) is 0 Å². The Kier molecular flexibility index (Phi) is 3.71. The first kappa shape index (κ1) is 11.3. The van der Waals surface area contributed by atoms with Gasteiger partial charge in [0.05, 0.1) is 6.10 Å². The van der Waals surface area contributed by atoms with Crippen LogP contribution in [0.25, 0.3) is 5.13 Å². The Hall–Kier alpha value is -1.17. The van der Waals surface area contributed by atoms with Gasteiger partial charge in [-0.25, -0.2) is 4.98 Å². The maximum atomic E-state index is 9.15. The van der Waals surface area contributed by atoms with E-state index in [0.717, 1.165) is 17.4 Å². The van der Waals surface area contributed by atoms with E-state index in [0.29, 0.717) is 6.54 Å². The molecule has 86 valence electrons. The van der Waals surface area contributed by atoms with E-state index in [-0.39, 0.29) is 6.10 Å². The third-order valence-electron chi connectivity index (χ3n) is 2.20. The highest BCUT2D eigenvalue weighted by molar-refractivity contribution is 7.12. The molecule has 5 heteroatoms. The fourth-order valence-corrected chi connectivity index (χ4v) is 2.15. The molecule has 1 unspecified atom stereocenters. The number of thiazole rings is 1. The summed E-state index contributed by atoms with van der Waals surface area (Å²) in [6, 6.07) is 4.05. The largest absolute Gasteiger partial charge is 0.392 e. The third kappa shape index (κ3) is 2.69. The lowest BCUT2D eigenvalue weighted by Gasteiger charge is -2.08. The average molecular weight is 237 g/mol. The molecule has 0 amide bonds. The summed E-state index contributed by atoms with van der Waals surface area (Å²) in [4.78, 5) is 4.27. The highest BCUT2D eigenvalue weighted by Gasteiger charge is 2.05. The number of nitrogens with one attached hydrogen (secondary N) is 1. The number of aliphatic hydroxyl groups is 1. The van der Waals surface area contributed by atoms with Crippen LogP contribution < -0.4 is 5.32 Å². The zero-order chi connectivity index (χ0) is 11.4. The van der Waals surface area contributed by atoms with Crippen molar-refractivity contribution in [3.05, 3.63) is 35.6 Å². The van der Waals surface area contributed by atoms with Gasteiger partial charge in [-0.1, -0.05) is 0 Å². The van der Waals surface area contributed by atoms with Gasteiger partial charge in [-0.15, -0.1) is 11.3 Å². The molecular weight excluding hydrogens is 222 g/mol.